The second-order valence-corrected chi connectivity index (χ2v) is 6.88. The molecule has 1 atom stereocenters. The molecule has 2 heterocycles. The van der Waals surface area contributed by atoms with Crippen LogP contribution < -0.4 is 10.6 Å². The molecule has 2 aliphatic rings. The lowest BCUT2D eigenvalue weighted by Crippen LogP contribution is -2.44. The maximum atomic E-state index is 12.1. The molecule has 2 rings (SSSR count). The number of halogens is 2. The van der Waals surface area contributed by atoms with Crippen molar-refractivity contribution in [2.75, 3.05) is 59.9 Å². The third-order valence-corrected chi connectivity index (χ3v) is 4.80. The molecule has 0 bridgehead atoms. The third kappa shape index (κ3) is 8.54. The number of hydrogen-bond acceptors (Lipinski definition) is 4. The first-order chi connectivity index (χ1) is 10.1. The van der Waals surface area contributed by atoms with Gasteiger partial charge in [0.15, 0.2) is 0 Å². The molecule has 0 aromatic carbocycles. The van der Waals surface area contributed by atoms with E-state index in [0.29, 0.717) is 5.92 Å². The Bertz CT molecular complexity index is 317. The average Bonchev–Trinajstić information content (AvgIpc) is 2.52. The summed E-state index contributed by atoms with van der Waals surface area (Å²) in [7, 11) is 4.25. The number of carbonyl (C=O) groups excluding carboxylic acids is 1. The van der Waals surface area contributed by atoms with Gasteiger partial charge in [-0.25, -0.2) is 0 Å². The Morgan fingerprint density at radius 3 is 2.48 bits per heavy atom. The number of rotatable bonds is 6. The minimum Gasteiger partial charge on any atom is -0.356 e. The zero-order chi connectivity index (χ0) is 15.1. The second kappa shape index (κ2) is 12.3. The summed E-state index contributed by atoms with van der Waals surface area (Å²) in [4.78, 5) is 16.9. The van der Waals surface area contributed by atoms with Gasteiger partial charge in [0.25, 0.3) is 0 Å². The van der Waals surface area contributed by atoms with E-state index < -0.39 is 0 Å². The monoisotopic (exact) mass is 368 g/mol. The summed E-state index contributed by atoms with van der Waals surface area (Å²) < 4.78 is 0. The largest absolute Gasteiger partial charge is 0.356 e. The van der Waals surface area contributed by atoms with Crippen molar-refractivity contribution < 1.29 is 4.79 Å². The number of nitrogens with one attached hydrogen (secondary N) is 2. The van der Waals surface area contributed by atoms with Crippen molar-refractivity contribution in [3.05, 3.63) is 0 Å². The highest BCUT2D eigenvalue weighted by atomic mass is 35.5. The van der Waals surface area contributed by atoms with Crippen molar-refractivity contribution in [1.82, 2.24) is 20.4 Å². The molecule has 2 saturated heterocycles. The first-order valence-corrected chi connectivity index (χ1v) is 8.50. The van der Waals surface area contributed by atoms with Gasteiger partial charge in [-0.2, -0.15) is 0 Å². The fourth-order valence-corrected chi connectivity index (χ4v) is 3.22. The molecule has 2 fully saturated rings. The second-order valence-electron chi connectivity index (χ2n) is 6.88. The van der Waals surface area contributed by atoms with Gasteiger partial charge in [0, 0.05) is 26.2 Å². The van der Waals surface area contributed by atoms with Crippen LogP contribution in [0, 0.1) is 11.8 Å². The zero-order valence-corrected chi connectivity index (χ0v) is 16.2. The fourth-order valence-electron chi connectivity index (χ4n) is 3.22. The van der Waals surface area contributed by atoms with Gasteiger partial charge in [-0.1, -0.05) is 0 Å². The van der Waals surface area contributed by atoms with E-state index in [1.807, 2.05) is 0 Å². The van der Waals surface area contributed by atoms with Crippen molar-refractivity contribution in [3.63, 3.8) is 0 Å². The highest BCUT2D eigenvalue weighted by Crippen LogP contribution is 2.17. The van der Waals surface area contributed by atoms with Crippen LogP contribution in [0.2, 0.25) is 0 Å². The predicted molar refractivity (Wildman–Crippen MR) is 101 cm³/mol. The normalized spacial score (nSPS) is 23.0. The van der Waals surface area contributed by atoms with Gasteiger partial charge in [0.2, 0.25) is 5.91 Å². The molecule has 0 radical (unpaired) electrons. The van der Waals surface area contributed by atoms with E-state index in [0.717, 1.165) is 39.0 Å². The molecule has 138 valence electrons. The van der Waals surface area contributed by atoms with Gasteiger partial charge in [0.05, 0.1) is 5.92 Å². The van der Waals surface area contributed by atoms with E-state index >= 15 is 0 Å². The summed E-state index contributed by atoms with van der Waals surface area (Å²) in [6, 6.07) is 0. The molecule has 1 amide bonds. The standard InChI is InChI=1S/C16H32N4O.2ClH/c1-19(2)10-11-20-8-5-14(6-9-20)12-18-16(21)15-4-3-7-17-13-15;;/h14-15,17H,3-13H2,1-2H3,(H,18,21);2*1H. The SMILES string of the molecule is CN(C)CCN1CCC(CNC(=O)C2CCCNC2)CC1.Cl.Cl. The summed E-state index contributed by atoms with van der Waals surface area (Å²) in [6.07, 6.45) is 4.61. The molecule has 1 unspecified atom stereocenters. The van der Waals surface area contributed by atoms with Crippen molar-refractivity contribution in [2.45, 2.75) is 25.7 Å². The lowest BCUT2D eigenvalue weighted by atomic mass is 9.95. The summed E-state index contributed by atoms with van der Waals surface area (Å²) >= 11 is 0. The van der Waals surface area contributed by atoms with Crippen LogP contribution >= 0.6 is 24.8 Å². The molecular weight excluding hydrogens is 335 g/mol. The van der Waals surface area contributed by atoms with Crippen molar-refractivity contribution >= 4 is 30.7 Å². The minimum absolute atomic E-state index is 0. The van der Waals surface area contributed by atoms with Gasteiger partial charge < -0.3 is 20.4 Å². The molecule has 0 aromatic rings. The summed E-state index contributed by atoms with van der Waals surface area (Å²) in [5.41, 5.74) is 0. The van der Waals surface area contributed by atoms with E-state index in [9.17, 15) is 4.79 Å². The van der Waals surface area contributed by atoms with Gasteiger partial charge >= 0.3 is 0 Å². The lowest BCUT2D eigenvalue weighted by Gasteiger charge is -2.33. The van der Waals surface area contributed by atoms with Gasteiger partial charge in [0.1, 0.15) is 0 Å². The third-order valence-electron chi connectivity index (χ3n) is 4.80. The number of nitrogens with zero attached hydrogens (tertiary/aromatic N) is 2. The predicted octanol–water partition coefficient (Wildman–Crippen LogP) is 1.22. The van der Waals surface area contributed by atoms with Crippen LogP contribution in [0.5, 0.6) is 0 Å². The molecule has 0 aliphatic carbocycles. The topological polar surface area (TPSA) is 47.6 Å². The van der Waals surface area contributed by atoms with Crippen LogP contribution in [0.4, 0.5) is 0 Å². The molecule has 0 aromatic heterocycles. The Labute approximate surface area is 153 Å². The molecule has 2 N–H and O–H groups in total. The highest BCUT2D eigenvalue weighted by molar-refractivity contribution is 5.85. The van der Waals surface area contributed by atoms with Crippen LogP contribution in [0.1, 0.15) is 25.7 Å². The Kier molecular flexibility index (Phi) is 12.3. The molecule has 7 heteroatoms. The van der Waals surface area contributed by atoms with Crippen LogP contribution in [0.3, 0.4) is 0 Å². The number of piperidine rings is 2. The Hall–Kier alpha value is -0.0700. The summed E-state index contributed by atoms with van der Waals surface area (Å²) in [6.45, 7) is 7.45. The number of amides is 1. The quantitative estimate of drug-likeness (QED) is 0.739. The Morgan fingerprint density at radius 1 is 1.22 bits per heavy atom. The van der Waals surface area contributed by atoms with E-state index in [-0.39, 0.29) is 36.6 Å². The average molecular weight is 369 g/mol. The van der Waals surface area contributed by atoms with Gasteiger partial charge in [-0.15, -0.1) is 24.8 Å². The van der Waals surface area contributed by atoms with Crippen LogP contribution in [-0.2, 0) is 4.79 Å². The van der Waals surface area contributed by atoms with Gasteiger partial charge in [-0.3, -0.25) is 4.79 Å². The number of likely N-dealkylation sites (N-methyl/N-ethyl adjacent to an activating group) is 1. The smallest absolute Gasteiger partial charge is 0.224 e. The zero-order valence-electron chi connectivity index (χ0n) is 14.6. The maximum Gasteiger partial charge on any atom is 0.224 e. The van der Waals surface area contributed by atoms with E-state index in [2.05, 4.69) is 34.5 Å². The van der Waals surface area contributed by atoms with Crippen LogP contribution in [0.25, 0.3) is 0 Å². The van der Waals surface area contributed by atoms with Gasteiger partial charge in [-0.05, 0) is 65.3 Å². The Morgan fingerprint density at radius 2 is 1.91 bits per heavy atom. The first-order valence-electron chi connectivity index (χ1n) is 8.50. The molecular formula is C16H34Cl2N4O. The van der Waals surface area contributed by atoms with Crippen molar-refractivity contribution in [2.24, 2.45) is 11.8 Å². The van der Waals surface area contributed by atoms with E-state index in [1.165, 1.54) is 32.5 Å². The summed E-state index contributed by atoms with van der Waals surface area (Å²) in [5.74, 6) is 1.12. The molecule has 2 aliphatic heterocycles. The van der Waals surface area contributed by atoms with E-state index in [4.69, 9.17) is 0 Å². The van der Waals surface area contributed by atoms with Crippen LogP contribution in [-0.4, -0.2) is 75.6 Å². The van der Waals surface area contributed by atoms with E-state index in [1.54, 1.807) is 0 Å². The number of hydrogen-bond donors (Lipinski definition) is 2. The first kappa shape index (κ1) is 22.9. The minimum atomic E-state index is 0. The summed E-state index contributed by atoms with van der Waals surface area (Å²) in [5, 5.41) is 6.49. The molecule has 23 heavy (non-hydrogen) atoms. The molecule has 0 saturated carbocycles. The molecule has 0 spiro atoms. The highest BCUT2D eigenvalue weighted by Gasteiger charge is 2.23. The molecule has 5 nitrogen and oxygen atoms in total. The fraction of sp³-hybridized carbons (Fsp3) is 0.938. The lowest BCUT2D eigenvalue weighted by molar-refractivity contribution is -0.125. The maximum absolute atomic E-state index is 12.1. The van der Waals surface area contributed by atoms with Crippen molar-refractivity contribution in [3.8, 4) is 0 Å². The van der Waals surface area contributed by atoms with Crippen molar-refractivity contribution in [1.29, 1.82) is 0 Å². The number of likely N-dealkylation sites (tertiary alicyclic amines) is 1. The Balaban J connectivity index is 0.00000242. The van der Waals surface area contributed by atoms with Crippen LogP contribution in [0.15, 0.2) is 0 Å². The number of carbonyl (C=O) groups is 1.